The van der Waals surface area contributed by atoms with Crippen molar-refractivity contribution in [1.82, 2.24) is 0 Å². The van der Waals surface area contributed by atoms with E-state index in [1.54, 1.807) is 19.1 Å². The van der Waals surface area contributed by atoms with Crippen molar-refractivity contribution in [3.8, 4) is 5.75 Å². The molecular weight excluding hydrogens is 212 g/mol. The third-order valence-corrected chi connectivity index (χ3v) is 2.77. The van der Waals surface area contributed by atoms with Gasteiger partial charge in [0.2, 0.25) is 0 Å². The Labute approximate surface area is 94.4 Å². The van der Waals surface area contributed by atoms with Gasteiger partial charge in [-0.25, -0.2) is 8.78 Å². The molecule has 90 valence electrons. The van der Waals surface area contributed by atoms with Gasteiger partial charge >= 0.3 is 0 Å². The first kappa shape index (κ1) is 12.9. The summed E-state index contributed by atoms with van der Waals surface area (Å²) in [6.45, 7) is 1.59. The van der Waals surface area contributed by atoms with Crippen LogP contribution in [0, 0.1) is 5.82 Å². The summed E-state index contributed by atoms with van der Waals surface area (Å²) in [7, 11) is 1.38. The molecule has 0 heterocycles. The van der Waals surface area contributed by atoms with Crippen LogP contribution in [-0.2, 0) is 6.42 Å². The van der Waals surface area contributed by atoms with Gasteiger partial charge in [-0.2, -0.15) is 0 Å². The highest BCUT2D eigenvalue weighted by molar-refractivity contribution is 5.32. The summed E-state index contributed by atoms with van der Waals surface area (Å²) in [5.74, 6) is -0.373. The lowest BCUT2D eigenvalue weighted by atomic mass is 9.93. The van der Waals surface area contributed by atoms with Crippen LogP contribution in [0.25, 0.3) is 0 Å². The molecule has 0 aromatic heterocycles. The number of methoxy groups -OCH3 is 1. The number of hydrogen-bond donors (Lipinski definition) is 1. The van der Waals surface area contributed by atoms with Gasteiger partial charge in [0.15, 0.2) is 11.6 Å². The second-order valence-corrected chi connectivity index (χ2v) is 3.82. The summed E-state index contributed by atoms with van der Waals surface area (Å²) in [5, 5.41) is 0. The number of alkyl halides is 1. The van der Waals surface area contributed by atoms with Crippen molar-refractivity contribution >= 4 is 0 Å². The number of ether oxygens (including phenoxy) is 1. The Bertz CT molecular complexity index is 351. The Balaban J connectivity index is 2.97. The van der Waals surface area contributed by atoms with Gasteiger partial charge in [-0.3, -0.25) is 0 Å². The standard InChI is InChI=1S/C12H17F2NO/c1-3-12(14,8-15)7-9-5-4-6-10(16-2)11(9)13/h4-6H,3,7-8,15H2,1-2H3. The van der Waals surface area contributed by atoms with E-state index in [4.69, 9.17) is 10.5 Å². The molecule has 0 aliphatic heterocycles. The predicted molar refractivity (Wildman–Crippen MR) is 59.8 cm³/mol. The van der Waals surface area contributed by atoms with Crippen molar-refractivity contribution in [2.45, 2.75) is 25.4 Å². The molecule has 4 heteroatoms. The average Bonchev–Trinajstić information content (AvgIpc) is 2.32. The molecule has 0 aliphatic carbocycles. The van der Waals surface area contributed by atoms with E-state index in [2.05, 4.69) is 0 Å². The highest BCUT2D eigenvalue weighted by Crippen LogP contribution is 2.26. The summed E-state index contributed by atoms with van der Waals surface area (Å²) in [6.07, 6.45) is 0.239. The molecule has 1 aromatic rings. The van der Waals surface area contributed by atoms with Crippen molar-refractivity contribution in [3.63, 3.8) is 0 Å². The van der Waals surface area contributed by atoms with E-state index < -0.39 is 11.5 Å². The molecule has 0 amide bonds. The van der Waals surface area contributed by atoms with E-state index in [1.807, 2.05) is 0 Å². The molecule has 2 N–H and O–H groups in total. The molecule has 1 rings (SSSR count). The van der Waals surface area contributed by atoms with Crippen LogP contribution in [0.1, 0.15) is 18.9 Å². The summed E-state index contributed by atoms with van der Waals surface area (Å²) < 4.78 is 32.6. The summed E-state index contributed by atoms with van der Waals surface area (Å²) in [4.78, 5) is 0. The minimum atomic E-state index is -1.55. The smallest absolute Gasteiger partial charge is 0.168 e. The van der Waals surface area contributed by atoms with E-state index in [0.717, 1.165) is 0 Å². The molecule has 0 saturated heterocycles. The van der Waals surface area contributed by atoms with Gasteiger partial charge in [0.1, 0.15) is 5.67 Å². The van der Waals surface area contributed by atoms with E-state index in [0.29, 0.717) is 5.56 Å². The maximum absolute atomic E-state index is 14.0. The fourth-order valence-electron chi connectivity index (χ4n) is 1.53. The van der Waals surface area contributed by atoms with E-state index >= 15 is 0 Å². The molecule has 0 bridgehead atoms. The average molecular weight is 229 g/mol. The molecule has 0 aliphatic rings. The molecule has 2 nitrogen and oxygen atoms in total. The molecule has 1 aromatic carbocycles. The van der Waals surface area contributed by atoms with E-state index in [-0.39, 0.29) is 25.1 Å². The fraction of sp³-hybridized carbons (Fsp3) is 0.500. The van der Waals surface area contributed by atoms with E-state index in [9.17, 15) is 8.78 Å². The molecule has 1 atom stereocenters. The van der Waals surface area contributed by atoms with Gasteiger partial charge < -0.3 is 10.5 Å². The van der Waals surface area contributed by atoms with Crippen molar-refractivity contribution in [2.75, 3.05) is 13.7 Å². The van der Waals surface area contributed by atoms with Crippen LogP contribution >= 0.6 is 0 Å². The lowest BCUT2D eigenvalue weighted by Crippen LogP contribution is -2.34. The Morgan fingerprint density at radius 2 is 2.12 bits per heavy atom. The Kier molecular flexibility index (Phi) is 4.24. The van der Waals surface area contributed by atoms with Gasteiger partial charge in [-0.1, -0.05) is 19.1 Å². The number of rotatable bonds is 5. The largest absolute Gasteiger partial charge is 0.494 e. The predicted octanol–water partition coefficient (Wildman–Crippen LogP) is 2.45. The quantitative estimate of drug-likeness (QED) is 0.841. The van der Waals surface area contributed by atoms with Crippen LogP contribution in [0.15, 0.2) is 18.2 Å². The van der Waals surface area contributed by atoms with Gasteiger partial charge in [0, 0.05) is 13.0 Å². The lowest BCUT2D eigenvalue weighted by molar-refractivity contribution is 0.165. The highest BCUT2D eigenvalue weighted by Gasteiger charge is 2.27. The van der Waals surface area contributed by atoms with Gasteiger partial charge in [-0.05, 0) is 18.1 Å². The number of benzene rings is 1. The number of halogens is 2. The summed E-state index contributed by atoms with van der Waals surface area (Å²) in [6, 6.07) is 4.70. The van der Waals surface area contributed by atoms with Crippen molar-refractivity contribution in [3.05, 3.63) is 29.6 Å². The van der Waals surface area contributed by atoms with Crippen LogP contribution in [-0.4, -0.2) is 19.3 Å². The lowest BCUT2D eigenvalue weighted by Gasteiger charge is -2.22. The maximum atomic E-state index is 14.0. The zero-order chi connectivity index (χ0) is 12.2. The molecule has 0 radical (unpaired) electrons. The normalized spacial score (nSPS) is 14.6. The minimum absolute atomic E-state index is 0.0248. The molecule has 16 heavy (non-hydrogen) atoms. The van der Waals surface area contributed by atoms with Gasteiger partial charge in [-0.15, -0.1) is 0 Å². The Morgan fingerprint density at radius 1 is 1.44 bits per heavy atom. The molecule has 0 saturated carbocycles. The third kappa shape index (κ3) is 2.70. The van der Waals surface area contributed by atoms with Gasteiger partial charge in [0.05, 0.1) is 7.11 Å². The van der Waals surface area contributed by atoms with Crippen LogP contribution in [0.2, 0.25) is 0 Å². The molecule has 1 unspecified atom stereocenters. The minimum Gasteiger partial charge on any atom is -0.494 e. The maximum Gasteiger partial charge on any atom is 0.168 e. The van der Waals surface area contributed by atoms with Crippen LogP contribution in [0.5, 0.6) is 5.75 Å². The van der Waals surface area contributed by atoms with E-state index in [1.165, 1.54) is 13.2 Å². The highest BCUT2D eigenvalue weighted by atomic mass is 19.1. The van der Waals surface area contributed by atoms with Crippen LogP contribution in [0.3, 0.4) is 0 Å². The molecule has 0 spiro atoms. The zero-order valence-electron chi connectivity index (χ0n) is 9.59. The third-order valence-electron chi connectivity index (χ3n) is 2.77. The van der Waals surface area contributed by atoms with Crippen molar-refractivity contribution < 1.29 is 13.5 Å². The monoisotopic (exact) mass is 229 g/mol. The topological polar surface area (TPSA) is 35.2 Å². The second kappa shape index (κ2) is 5.25. The Morgan fingerprint density at radius 3 is 2.62 bits per heavy atom. The first-order chi connectivity index (χ1) is 7.56. The summed E-state index contributed by atoms with van der Waals surface area (Å²) in [5.41, 5.74) is 4.11. The van der Waals surface area contributed by atoms with Crippen molar-refractivity contribution in [2.24, 2.45) is 5.73 Å². The second-order valence-electron chi connectivity index (χ2n) is 3.82. The fourth-order valence-corrected chi connectivity index (χ4v) is 1.53. The first-order valence-electron chi connectivity index (χ1n) is 5.26. The number of nitrogens with two attached hydrogens (primary N) is 1. The summed E-state index contributed by atoms with van der Waals surface area (Å²) >= 11 is 0. The first-order valence-corrected chi connectivity index (χ1v) is 5.26. The zero-order valence-corrected chi connectivity index (χ0v) is 9.59. The molecular formula is C12H17F2NO. The Hall–Kier alpha value is -1.16. The van der Waals surface area contributed by atoms with Crippen LogP contribution in [0.4, 0.5) is 8.78 Å². The SMILES string of the molecule is CCC(F)(CN)Cc1cccc(OC)c1F. The van der Waals surface area contributed by atoms with Crippen LogP contribution < -0.4 is 10.5 Å². The van der Waals surface area contributed by atoms with Crippen molar-refractivity contribution in [1.29, 1.82) is 0 Å². The number of hydrogen-bond acceptors (Lipinski definition) is 2. The molecule has 0 fully saturated rings. The van der Waals surface area contributed by atoms with Gasteiger partial charge in [0.25, 0.3) is 0 Å².